The number of nitrogens with zero attached hydrogens (tertiary/aromatic N) is 2. The Labute approximate surface area is 75.8 Å². The van der Waals surface area contributed by atoms with Gasteiger partial charge in [-0.3, -0.25) is 4.98 Å². The van der Waals surface area contributed by atoms with Crippen molar-refractivity contribution in [2.24, 2.45) is 5.73 Å². The maximum absolute atomic E-state index is 8.40. The Morgan fingerprint density at radius 1 is 1.75 bits per heavy atom. The second kappa shape index (κ2) is 4.05. The Morgan fingerprint density at radius 2 is 2.50 bits per heavy atom. The third-order valence-corrected chi connectivity index (χ3v) is 1.83. The van der Waals surface area contributed by atoms with Crippen molar-refractivity contribution in [1.82, 2.24) is 4.98 Å². The lowest BCUT2D eigenvalue weighted by atomic mass is 10.1. The van der Waals surface area contributed by atoms with Crippen LogP contribution in [0.4, 0.5) is 0 Å². The first kappa shape index (κ1) is 8.98. The van der Waals surface area contributed by atoms with Gasteiger partial charge in [-0.1, -0.05) is 11.6 Å². The Bertz CT molecular complexity index is 305. The molecule has 4 heteroatoms. The van der Waals surface area contributed by atoms with E-state index in [-0.39, 0.29) is 12.5 Å². The average Bonchev–Trinajstić information content (AvgIpc) is 2.05. The zero-order valence-electron chi connectivity index (χ0n) is 6.37. The first-order valence-electron chi connectivity index (χ1n) is 3.47. The SMILES string of the molecule is N#CC[C@H](N)c1ccncc1Cl. The fourth-order valence-corrected chi connectivity index (χ4v) is 1.15. The molecule has 1 rings (SSSR count). The van der Waals surface area contributed by atoms with Gasteiger partial charge in [-0.2, -0.15) is 5.26 Å². The Hall–Kier alpha value is -1.11. The summed E-state index contributed by atoms with van der Waals surface area (Å²) in [6, 6.07) is 3.40. The number of pyridine rings is 1. The van der Waals surface area contributed by atoms with Gasteiger partial charge in [0.15, 0.2) is 0 Å². The normalized spacial score (nSPS) is 12.1. The molecule has 1 atom stereocenters. The number of aromatic nitrogens is 1. The van der Waals surface area contributed by atoms with Gasteiger partial charge < -0.3 is 5.73 Å². The van der Waals surface area contributed by atoms with Gasteiger partial charge >= 0.3 is 0 Å². The summed E-state index contributed by atoms with van der Waals surface area (Å²) in [7, 11) is 0. The van der Waals surface area contributed by atoms with Crippen LogP contribution in [0.5, 0.6) is 0 Å². The van der Waals surface area contributed by atoms with Gasteiger partial charge in [0.25, 0.3) is 0 Å². The lowest BCUT2D eigenvalue weighted by molar-refractivity contribution is 0.747. The van der Waals surface area contributed by atoms with Crippen LogP contribution in [0.25, 0.3) is 0 Å². The molecule has 3 nitrogen and oxygen atoms in total. The van der Waals surface area contributed by atoms with Crippen LogP contribution in [0.15, 0.2) is 18.5 Å². The highest BCUT2D eigenvalue weighted by Crippen LogP contribution is 2.21. The van der Waals surface area contributed by atoms with Gasteiger partial charge in [-0.05, 0) is 11.6 Å². The van der Waals surface area contributed by atoms with Crippen LogP contribution < -0.4 is 5.73 Å². The van der Waals surface area contributed by atoms with Crippen LogP contribution >= 0.6 is 11.6 Å². The Kier molecular flexibility index (Phi) is 3.03. The molecule has 0 saturated heterocycles. The lowest BCUT2D eigenvalue weighted by Crippen LogP contribution is -2.09. The van der Waals surface area contributed by atoms with Crippen molar-refractivity contribution in [1.29, 1.82) is 5.26 Å². The number of halogens is 1. The van der Waals surface area contributed by atoms with E-state index in [1.807, 2.05) is 6.07 Å². The predicted octanol–water partition coefficient (Wildman–Crippen LogP) is 1.65. The molecule has 0 fully saturated rings. The van der Waals surface area contributed by atoms with Crippen LogP contribution in [0.2, 0.25) is 5.02 Å². The minimum absolute atomic E-state index is 0.268. The fourth-order valence-electron chi connectivity index (χ4n) is 0.895. The van der Waals surface area contributed by atoms with E-state index in [9.17, 15) is 0 Å². The second-order valence-electron chi connectivity index (χ2n) is 2.37. The predicted molar refractivity (Wildman–Crippen MR) is 46.4 cm³/mol. The van der Waals surface area contributed by atoms with Crippen LogP contribution in [0, 0.1) is 11.3 Å². The quantitative estimate of drug-likeness (QED) is 0.755. The van der Waals surface area contributed by atoms with Crippen molar-refractivity contribution in [3.05, 3.63) is 29.0 Å². The van der Waals surface area contributed by atoms with E-state index >= 15 is 0 Å². The maximum Gasteiger partial charge on any atom is 0.0641 e. The molecule has 0 unspecified atom stereocenters. The number of rotatable bonds is 2. The molecular formula is C8H8ClN3. The number of nitrogens with two attached hydrogens (primary N) is 1. The molecule has 0 saturated carbocycles. The highest BCUT2D eigenvalue weighted by Gasteiger charge is 2.08. The number of nitriles is 1. The van der Waals surface area contributed by atoms with E-state index in [1.165, 1.54) is 6.20 Å². The van der Waals surface area contributed by atoms with Crippen molar-refractivity contribution in [3.8, 4) is 6.07 Å². The molecule has 0 aromatic carbocycles. The van der Waals surface area contributed by atoms with Crippen molar-refractivity contribution < 1.29 is 0 Å². The molecule has 0 aliphatic heterocycles. The van der Waals surface area contributed by atoms with Crippen LogP contribution in [-0.2, 0) is 0 Å². The second-order valence-corrected chi connectivity index (χ2v) is 2.77. The molecule has 1 aromatic rings. The van der Waals surface area contributed by atoms with Gasteiger partial charge in [0.1, 0.15) is 0 Å². The summed E-state index contributed by atoms with van der Waals surface area (Å²) < 4.78 is 0. The monoisotopic (exact) mass is 181 g/mol. The first-order chi connectivity index (χ1) is 5.75. The Balaban J connectivity index is 2.88. The van der Waals surface area contributed by atoms with E-state index in [2.05, 4.69) is 4.98 Å². The molecule has 0 amide bonds. The molecule has 12 heavy (non-hydrogen) atoms. The molecule has 1 aromatic heterocycles. The molecule has 0 aliphatic rings. The highest BCUT2D eigenvalue weighted by atomic mass is 35.5. The molecule has 0 aliphatic carbocycles. The number of hydrogen-bond acceptors (Lipinski definition) is 3. The largest absolute Gasteiger partial charge is 0.323 e. The third kappa shape index (κ3) is 1.94. The van der Waals surface area contributed by atoms with E-state index in [4.69, 9.17) is 22.6 Å². The molecule has 2 N–H and O–H groups in total. The maximum atomic E-state index is 8.40. The summed E-state index contributed by atoms with van der Waals surface area (Å²) in [6.45, 7) is 0. The molecule has 62 valence electrons. The summed E-state index contributed by atoms with van der Waals surface area (Å²) in [5.74, 6) is 0. The minimum atomic E-state index is -0.314. The van der Waals surface area contributed by atoms with Crippen molar-refractivity contribution in [2.45, 2.75) is 12.5 Å². The van der Waals surface area contributed by atoms with Gasteiger partial charge in [0.05, 0.1) is 17.5 Å². The van der Waals surface area contributed by atoms with E-state index < -0.39 is 0 Å². The van der Waals surface area contributed by atoms with Gasteiger partial charge in [0, 0.05) is 18.4 Å². The van der Waals surface area contributed by atoms with Gasteiger partial charge in [-0.15, -0.1) is 0 Å². The topological polar surface area (TPSA) is 62.7 Å². The van der Waals surface area contributed by atoms with Crippen molar-refractivity contribution in [2.75, 3.05) is 0 Å². The van der Waals surface area contributed by atoms with Crippen LogP contribution in [-0.4, -0.2) is 4.98 Å². The van der Waals surface area contributed by atoms with E-state index in [1.54, 1.807) is 12.3 Å². The van der Waals surface area contributed by atoms with E-state index in [0.29, 0.717) is 5.02 Å². The standard InChI is InChI=1S/C8H8ClN3/c9-7-5-12-4-2-6(7)8(11)1-3-10/h2,4-5,8H,1,11H2/t8-/m0/s1. The lowest BCUT2D eigenvalue weighted by Gasteiger charge is -2.08. The summed E-state index contributed by atoms with van der Waals surface area (Å²) in [5.41, 5.74) is 6.44. The van der Waals surface area contributed by atoms with Gasteiger partial charge in [-0.25, -0.2) is 0 Å². The number of hydrogen-bond donors (Lipinski definition) is 1. The molecule has 1 heterocycles. The zero-order valence-corrected chi connectivity index (χ0v) is 7.12. The summed E-state index contributed by atoms with van der Waals surface area (Å²) in [4.78, 5) is 3.82. The summed E-state index contributed by atoms with van der Waals surface area (Å²) in [6.07, 6.45) is 3.40. The van der Waals surface area contributed by atoms with Gasteiger partial charge in [0.2, 0.25) is 0 Å². The summed E-state index contributed by atoms with van der Waals surface area (Å²) in [5, 5.41) is 8.91. The molecule has 0 radical (unpaired) electrons. The minimum Gasteiger partial charge on any atom is -0.323 e. The molecule has 0 spiro atoms. The van der Waals surface area contributed by atoms with Crippen LogP contribution in [0.1, 0.15) is 18.0 Å². The van der Waals surface area contributed by atoms with Crippen molar-refractivity contribution >= 4 is 11.6 Å². The molecule has 0 bridgehead atoms. The first-order valence-corrected chi connectivity index (χ1v) is 3.85. The van der Waals surface area contributed by atoms with E-state index in [0.717, 1.165) is 5.56 Å². The van der Waals surface area contributed by atoms with Crippen LogP contribution in [0.3, 0.4) is 0 Å². The zero-order chi connectivity index (χ0) is 8.97. The smallest absolute Gasteiger partial charge is 0.0641 e. The van der Waals surface area contributed by atoms with Crippen molar-refractivity contribution in [3.63, 3.8) is 0 Å². The summed E-state index contributed by atoms with van der Waals surface area (Å²) >= 11 is 5.80. The third-order valence-electron chi connectivity index (χ3n) is 1.51. The Morgan fingerprint density at radius 3 is 3.08 bits per heavy atom. The molecular weight excluding hydrogens is 174 g/mol. The highest BCUT2D eigenvalue weighted by molar-refractivity contribution is 6.31. The fraction of sp³-hybridized carbons (Fsp3) is 0.250. The average molecular weight is 182 g/mol.